The van der Waals surface area contributed by atoms with E-state index in [2.05, 4.69) is 89.9 Å². The van der Waals surface area contributed by atoms with Crippen molar-refractivity contribution in [2.75, 3.05) is 0 Å². The molecule has 220 valence electrons. The molecule has 0 N–H and O–H groups in total. The first-order chi connectivity index (χ1) is 25.4. The number of nitrogens with zero attached hydrogens (tertiary/aromatic N) is 3. The monoisotopic (exact) mass is 604 g/mol. The van der Waals surface area contributed by atoms with E-state index in [-0.39, 0.29) is 17.6 Å². The van der Waals surface area contributed by atoms with E-state index in [4.69, 9.17) is 11.8 Å². The lowest BCUT2D eigenvalue weighted by Crippen LogP contribution is -1.97. The van der Waals surface area contributed by atoms with Crippen molar-refractivity contribution in [3.05, 3.63) is 176 Å². The van der Waals surface area contributed by atoms with E-state index in [0.29, 0.717) is 11.3 Å². The minimum Gasteiger partial charge on any atom is -0.292 e. The maximum atomic E-state index is 8.71. The van der Waals surface area contributed by atoms with Gasteiger partial charge in [-0.15, -0.1) is 0 Å². The molecule has 0 aliphatic carbocycles. The number of rotatable bonds is 5. The molecule has 0 spiro atoms. The zero-order valence-electron chi connectivity index (χ0n) is 30.2. The maximum Gasteiger partial charge on any atom is 0.145 e. The Hall–Kier alpha value is -6.32. The lowest BCUT2D eigenvalue weighted by atomic mass is 9.85. The molecule has 0 unspecified atom stereocenters. The van der Waals surface area contributed by atoms with Crippen LogP contribution in [0.2, 0.25) is 0 Å². The highest BCUT2D eigenvalue weighted by molar-refractivity contribution is 6.21. The van der Waals surface area contributed by atoms with E-state index < -0.39 is 18.1 Å². The van der Waals surface area contributed by atoms with Crippen molar-refractivity contribution in [2.45, 2.75) is 0 Å². The van der Waals surface area contributed by atoms with Crippen LogP contribution in [-0.4, -0.2) is 14.5 Å². The zero-order chi connectivity index (χ0) is 35.5. The van der Waals surface area contributed by atoms with Crippen LogP contribution in [0.5, 0.6) is 0 Å². The van der Waals surface area contributed by atoms with Gasteiger partial charge in [-0.25, -0.2) is 4.98 Å². The summed E-state index contributed by atoms with van der Waals surface area (Å²) in [7, 11) is 0. The Morgan fingerprint density at radius 3 is 1.53 bits per heavy atom. The number of imidazole rings is 1. The number of fused-ring (bicyclic) bond motifs is 3. The van der Waals surface area contributed by atoms with Crippen LogP contribution in [0.4, 0.5) is 0 Å². The minimum atomic E-state index is -0.432. The number of benzene rings is 7. The van der Waals surface area contributed by atoms with Crippen LogP contribution < -0.4 is 0 Å². The van der Waals surface area contributed by atoms with E-state index >= 15 is 0 Å². The molecule has 7 aromatic carbocycles. The van der Waals surface area contributed by atoms with Crippen molar-refractivity contribution in [1.82, 2.24) is 14.5 Å². The molecule has 3 nitrogen and oxygen atoms in total. The van der Waals surface area contributed by atoms with Gasteiger partial charge >= 0.3 is 0 Å². The molecule has 0 saturated carbocycles. The van der Waals surface area contributed by atoms with E-state index in [1.165, 1.54) is 5.56 Å². The van der Waals surface area contributed by atoms with Crippen LogP contribution in [0, 0.1) is 0 Å². The third kappa shape index (κ3) is 4.60. The Morgan fingerprint density at radius 1 is 0.447 bits per heavy atom. The molecular weight excluding hydrogens is 571 g/mol. The molecule has 0 radical (unpaired) electrons. The quantitative estimate of drug-likeness (QED) is 0.183. The van der Waals surface area contributed by atoms with Gasteiger partial charge in [-0.1, -0.05) is 127 Å². The number of aromatic nitrogens is 3. The van der Waals surface area contributed by atoms with Crippen molar-refractivity contribution >= 4 is 32.6 Å². The minimum absolute atomic E-state index is 0.0627. The van der Waals surface area contributed by atoms with Gasteiger partial charge in [0.1, 0.15) is 5.82 Å². The highest BCUT2D eigenvalue weighted by Gasteiger charge is 2.18. The molecule has 2 aromatic heterocycles. The number of hydrogen-bond donors (Lipinski definition) is 0. The zero-order valence-corrected chi connectivity index (χ0v) is 25.2. The largest absolute Gasteiger partial charge is 0.292 e. The highest BCUT2D eigenvalue weighted by Crippen LogP contribution is 2.44. The SMILES string of the molecule is [2H]c1c([2H])c([2H])c(-c2nc3ccccc3n2-c2ccc(-c3c4ccccc4c(-c4ccc(-c5ccncc5)cc4)c4ccccc34)cc2)c([2H])c1[2H]. The summed E-state index contributed by atoms with van der Waals surface area (Å²) in [4.78, 5) is 8.97. The summed E-state index contributed by atoms with van der Waals surface area (Å²) < 4.78 is 44.0. The van der Waals surface area contributed by atoms with Crippen LogP contribution in [-0.2, 0) is 0 Å². The summed E-state index contributed by atoms with van der Waals surface area (Å²) >= 11 is 0. The fourth-order valence-corrected chi connectivity index (χ4v) is 6.72. The van der Waals surface area contributed by atoms with Gasteiger partial charge in [0.25, 0.3) is 0 Å². The van der Waals surface area contributed by atoms with Crippen molar-refractivity contribution in [2.24, 2.45) is 0 Å². The van der Waals surface area contributed by atoms with E-state index in [0.717, 1.165) is 60.6 Å². The van der Waals surface area contributed by atoms with Gasteiger partial charge < -0.3 is 0 Å². The number of hydrogen-bond acceptors (Lipinski definition) is 2. The second-order valence-corrected chi connectivity index (χ2v) is 11.5. The van der Waals surface area contributed by atoms with Gasteiger partial charge in [-0.2, -0.15) is 0 Å². The average molecular weight is 605 g/mol. The maximum absolute atomic E-state index is 8.71. The predicted octanol–water partition coefficient (Wildman–Crippen LogP) is 11.4. The first kappa shape index (κ1) is 22.2. The summed E-state index contributed by atoms with van der Waals surface area (Å²) in [6.07, 6.45) is 3.62. The molecule has 9 aromatic rings. The van der Waals surface area contributed by atoms with Gasteiger partial charge in [0, 0.05) is 23.6 Å². The Bertz CT molecular complexity index is 2740. The molecule has 3 heteroatoms. The number of para-hydroxylation sites is 2. The van der Waals surface area contributed by atoms with Gasteiger partial charge in [0.2, 0.25) is 0 Å². The standard InChI is InChI=1S/C44H29N3/c1-2-10-34(11-3-1)44-46-40-16-8-9-17-41(40)47(44)35-24-22-33(23-25-35)43-38-14-6-4-12-36(38)42(37-13-5-7-15-39(37)43)32-20-18-30(19-21-32)31-26-28-45-29-27-31/h1-29H/i1D,2D,3D,10D,11D. The fraction of sp³-hybridized carbons (Fsp3) is 0. The fourth-order valence-electron chi connectivity index (χ4n) is 6.72. The Labute approximate surface area is 280 Å². The Balaban J connectivity index is 1.22. The Morgan fingerprint density at radius 2 is 0.936 bits per heavy atom. The van der Waals surface area contributed by atoms with Gasteiger partial charge in [0.05, 0.1) is 17.9 Å². The summed E-state index contributed by atoms with van der Waals surface area (Å²) in [5.41, 5.74) is 8.99. The topological polar surface area (TPSA) is 30.7 Å². The summed E-state index contributed by atoms with van der Waals surface area (Å²) in [5.74, 6) is 0.293. The van der Waals surface area contributed by atoms with E-state index in [1.54, 1.807) is 0 Å². The second-order valence-electron chi connectivity index (χ2n) is 11.5. The highest BCUT2D eigenvalue weighted by atomic mass is 15.1. The van der Waals surface area contributed by atoms with Gasteiger partial charge in [0.15, 0.2) is 0 Å². The molecule has 0 bridgehead atoms. The van der Waals surface area contributed by atoms with E-state index in [1.807, 2.05) is 65.5 Å². The van der Waals surface area contributed by atoms with E-state index in [9.17, 15) is 0 Å². The molecule has 2 heterocycles. The summed E-state index contributed by atoms with van der Waals surface area (Å²) in [5, 5.41) is 4.58. The molecule has 0 aliphatic rings. The van der Waals surface area contributed by atoms with Gasteiger partial charge in [-0.05, 0) is 91.3 Å². The predicted molar refractivity (Wildman–Crippen MR) is 196 cm³/mol. The molecule has 0 saturated heterocycles. The molecule has 0 amide bonds. The molecule has 0 atom stereocenters. The van der Waals surface area contributed by atoms with Crippen LogP contribution >= 0.6 is 0 Å². The van der Waals surface area contributed by atoms with Crippen LogP contribution in [0.3, 0.4) is 0 Å². The molecular formula is C44H29N3. The Kier molecular flexibility index (Phi) is 5.32. The van der Waals surface area contributed by atoms with Crippen molar-refractivity contribution in [3.8, 4) is 50.5 Å². The molecule has 0 fully saturated rings. The average Bonchev–Trinajstić information content (AvgIpc) is 3.58. The van der Waals surface area contributed by atoms with Crippen molar-refractivity contribution < 1.29 is 6.85 Å². The third-order valence-electron chi connectivity index (χ3n) is 8.82. The lowest BCUT2D eigenvalue weighted by molar-refractivity contribution is 1.10. The first-order valence-corrected chi connectivity index (χ1v) is 15.5. The second kappa shape index (κ2) is 11.2. The van der Waals surface area contributed by atoms with Gasteiger partial charge in [-0.3, -0.25) is 9.55 Å². The van der Waals surface area contributed by atoms with Crippen LogP contribution in [0.1, 0.15) is 6.85 Å². The van der Waals surface area contributed by atoms with Crippen LogP contribution in [0.15, 0.2) is 176 Å². The normalized spacial score (nSPS) is 12.9. The molecule has 47 heavy (non-hydrogen) atoms. The lowest BCUT2D eigenvalue weighted by Gasteiger charge is -2.18. The van der Waals surface area contributed by atoms with Crippen molar-refractivity contribution in [1.29, 1.82) is 0 Å². The van der Waals surface area contributed by atoms with Crippen LogP contribution in [0.25, 0.3) is 83.0 Å². The third-order valence-corrected chi connectivity index (χ3v) is 8.82. The number of pyridine rings is 1. The summed E-state index contributed by atoms with van der Waals surface area (Å²) in [6.45, 7) is 0. The molecule has 0 aliphatic heterocycles. The smallest absolute Gasteiger partial charge is 0.145 e. The summed E-state index contributed by atoms with van der Waals surface area (Å²) in [6, 6.07) is 43.8. The van der Waals surface area contributed by atoms with Crippen molar-refractivity contribution in [3.63, 3.8) is 0 Å². The molecule has 9 rings (SSSR count). The first-order valence-electron chi connectivity index (χ1n) is 18.0.